The monoisotopic (exact) mass is 231 g/mol. The largest absolute Gasteiger partial charge is 0.491 e. The Morgan fingerprint density at radius 1 is 1.24 bits per heavy atom. The number of hydrogen-bond donors (Lipinski definition) is 0. The molecule has 0 atom stereocenters. The smallest absolute Gasteiger partial charge is 0.119 e. The highest BCUT2D eigenvalue weighted by Crippen LogP contribution is 2.20. The number of aryl methyl sites for hydroxylation is 1. The molecule has 0 aliphatic carbocycles. The second kappa shape index (κ2) is 4.99. The fourth-order valence-electron chi connectivity index (χ4n) is 1.56. The zero-order valence-corrected chi connectivity index (χ0v) is 10.4. The lowest BCUT2D eigenvalue weighted by Crippen LogP contribution is -2.05. The minimum atomic E-state index is 0.196. The van der Waals surface area contributed by atoms with Crippen LogP contribution in [0.5, 0.6) is 5.75 Å². The van der Waals surface area contributed by atoms with Gasteiger partial charge in [-0.15, -0.1) is 5.10 Å². The molecule has 0 amide bonds. The number of ether oxygens (including phenoxy) is 1. The molecule has 0 fully saturated rings. The number of hydrogen-bond acceptors (Lipinski definition) is 3. The molecular weight excluding hydrogens is 214 g/mol. The van der Waals surface area contributed by atoms with Crippen molar-refractivity contribution < 1.29 is 4.74 Å². The predicted octanol–water partition coefficient (Wildman–Crippen LogP) is 2.75. The fourth-order valence-corrected chi connectivity index (χ4v) is 1.56. The molecular formula is C13H17N3O. The zero-order valence-electron chi connectivity index (χ0n) is 10.4. The highest BCUT2D eigenvalue weighted by atomic mass is 16.5. The summed E-state index contributed by atoms with van der Waals surface area (Å²) in [6.07, 6.45) is 2.14. The summed E-state index contributed by atoms with van der Waals surface area (Å²) in [5.74, 6) is 0.881. The van der Waals surface area contributed by atoms with Crippen LogP contribution in [0.4, 0.5) is 0 Å². The highest BCUT2D eigenvalue weighted by Gasteiger charge is 2.04. The van der Waals surface area contributed by atoms with Gasteiger partial charge >= 0.3 is 0 Å². The molecule has 4 heteroatoms. The Morgan fingerprint density at radius 3 is 2.47 bits per heavy atom. The van der Waals surface area contributed by atoms with Gasteiger partial charge in [0.25, 0.3) is 0 Å². The topological polar surface area (TPSA) is 39.9 Å². The Bertz CT molecular complexity index is 474. The average Bonchev–Trinajstić information content (AvgIpc) is 2.78. The highest BCUT2D eigenvalue weighted by molar-refractivity contribution is 5.58. The summed E-state index contributed by atoms with van der Waals surface area (Å²) < 4.78 is 7.40. The molecule has 0 N–H and O–H groups in total. The first-order chi connectivity index (χ1) is 8.19. The van der Waals surface area contributed by atoms with Crippen molar-refractivity contribution >= 4 is 0 Å². The van der Waals surface area contributed by atoms with E-state index in [1.54, 1.807) is 0 Å². The first kappa shape index (κ1) is 11.6. The Labute approximate surface area is 101 Å². The zero-order chi connectivity index (χ0) is 12.3. The van der Waals surface area contributed by atoms with Gasteiger partial charge in [-0.1, -0.05) is 5.21 Å². The third-order valence-corrected chi connectivity index (χ3v) is 2.38. The minimum Gasteiger partial charge on any atom is -0.491 e. The maximum Gasteiger partial charge on any atom is 0.119 e. The van der Waals surface area contributed by atoms with Gasteiger partial charge in [0, 0.05) is 12.1 Å². The van der Waals surface area contributed by atoms with Crippen molar-refractivity contribution in [2.45, 2.75) is 33.4 Å². The number of nitrogens with zero attached hydrogens (tertiary/aromatic N) is 3. The van der Waals surface area contributed by atoms with E-state index in [1.165, 1.54) is 0 Å². The van der Waals surface area contributed by atoms with Crippen LogP contribution in [0.3, 0.4) is 0 Å². The van der Waals surface area contributed by atoms with Crippen molar-refractivity contribution in [2.24, 2.45) is 0 Å². The SMILES string of the molecule is CCn1cc(-c2ccc(OC(C)C)cc2)nn1. The van der Waals surface area contributed by atoms with E-state index in [9.17, 15) is 0 Å². The van der Waals surface area contributed by atoms with Gasteiger partial charge in [0.1, 0.15) is 11.4 Å². The standard InChI is InChI=1S/C13H17N3O/c1-4-16-9-13(14-15-16)11-5-7-12(8-6-11)17-10(2)3/h5-10H,4H2,1-3H3. The van der Waals surface area contributed by atoms with E-state index >= 15 is 0 Å². The van der Waals surface area contributed by atoms with Crippen LogP contribution in [0.2, 0.25) is 0 Å². The second-order valence-corrected chi connectivity index (χ2v) is 4.15. The number of aromatic nitrogens is 3. The molecule has 90 valence electrons. The van der Waals surface area contributed by atoms with Crippen LogP contribution in [0.1, 0.15) is 20.8 Å². The summed E-state index contributed by atoms with van der Waals surface area (Å²) in [5, 5.41) is 8.14. The fraction of sp³-hybridized carbons (Fsp3) is 0.385. The molecule has 17 heavy (non-hydrogen) atoms. The van der Waals surface area contributed by atoms with Crippen molar-refractivity contribution in [1.82, 2.24) is 15.0 Å². The summed E-state index contributed by atoms with van der Waals surface area (Å²) in [6.45, 7) is 6.90. The summed E-state index contributed by atoms with van der Waals surface area (Å²) in [5.41, 5.74) is 1.95. The van der Waals surface area contributed by atoms with Crippen LogP contribution >= 0.6 is 0 Å². The molecule has 0 aliphatic heterocycles. The van der Waals surface area contributed by atoms with Crippen LogP contribution in [-0.2, 0) is 6.54 Å². The molecule has 1 heterocycles. The van der Waals surface area contributed by atoms with Crippen LogP contribution < -0.4 is 4.74 Å². The first-order valence-electron chi connectivity index (χ1n) is 5.86. The molecule has 2 rings (SSSR count). The second-order valence-electron chi connectivity index (χ2n) is 4.15. The maximum atomic E-state index is 5.59. The molecule has 4 nitrogen and oxygen atoms in total. The van der Waals surface area contributed by atoms with Crippen molar-refractivity contribution in [3.05, 3.63) is 30.5 Å². The van der Waals surface area contributed by atoms with E-state index in [0.717, 1.165) is 23.6 Å². The van der Waals surface area contributed by atoms with E-state index in [1.807, 2.05) is 55.9 Å². The average molecular weight is 231 g/mol. The quantitative estimate of drug-likeness (QED) is 0.812. The van der Waals surface area contributed by atoms with Crippen molar-refractivity contribution in [1.29, 1.82) is 0 Å². The number of rotatable bonds is 4. The van der Waals surface area contributed by atoms with Gasteiger partial charge in [-0.2, -0.15) is 0 Å². The third-order valence-electron chi connectivity index (χ3n) is 2.38. The van der Waals surface area contributed by atoms with Gasteiger partial charge in [0.2, 0.25) is 0 Å². The summed E-state index contributed by atoms with van der Waals surface area (Å²) in [7, 11) is 0. The van der Waals surface area contributed by atoms with Crippen molar-refractivity contribution in [3.8, 4) is 17.0 Å². The van der Waals surface area contributed by atoms with Gasteiger partial charge < -0.3 is 4.74 Å². The molecule has 0 bridgehead atoms. The summed E-state index contributed by atoms with van der Waals surface area (Å²) >= 11 is 0. The Balaban J connectivity index is 2.17. The lowest BCUT2D eigenvalue weighted by molar-refractivity contribution is 0.242. The molecule has 0 unspecified atom stereocenters. The van der Waals surface area contributed by atoms with E-state index < -0.39 is 0 Å². The minimum absolute atomic E-state index is 0.196. The summed E-state index contributed by atoms with van der Waals surface area (Å²) in [4.78, 5) is 0. The van der Waals surface area contributed by atoms with E-state index in [4.69, 9.17) is 4.74 Å². The lowest BCUT2D eigenvalue weighted by atomic mass is 10.1. The molecule has 0 saturated heterocycles. The molecule has 1 aromatic heterocycles. The van der Waals surface area contributed by atoms with Crippen molar-refractivity contribution in [3.63, 3.8) is 0 Å². The lowest BCUT2D eigenvalue weighted by Gasteiger charge is -2.09. The Kier molecular flexibility index (Phi) is 3.42. The molecule has 0 radical (unpaired) electrons. The maximum absolute atomic E-state index is 5.59. The third kappa shape index (κ3) is 2.84. The van der Waals surface area contributed by atoms with Gasteiger partial charge in [0.05, 0.1) is 12.3 Å². The molecule has 0 saturated carbocycles. The van der Waals surface area contributed by atoms with Crippen LogP contribution in [0, 0.1) is 0 Å². The normalized spacial score (nSPS) is 10.8. The molecule has 2 aromatic rings. The first-order valence-corrected chi connectivity index (χ1v) is 5.86. The molecule has 0 aliphatic rings. The predicted molar refractivity (Wildman–Crippen MR) is 66.9 cm³/mol. The summed E-state index contributed by atoms with van der Waals surface area (Å²) in [6, 6.07) is 7.92. The van der Waals surface area contributed by atoms with Crippen LogP contribution in [-0.4, -0.2) is 21.1 Å². The molecule has 0 spiro atoms. The van der Waals surface area contributed by atoms with Gasteiger partial charge in [-0.3, -0.25) is 4.68 Å². The number of benzene rings is 1. The van der Waals surface area contributed by atoms with E-state index in [-0.39, 0.29) is 6.10 Å². The van der Waals surface area contributed by atoms with Crippen LogP contribution in [0.15, 0.2) is 30.5 Å². The van der Waals surface area contributed by atoms with Gasteiger partial charge in [-0.05, 0) is 45.0 Å². The van der Waals surface area contributed by atoms with E-state index in [2.05, 4.69) is 10.3 Å². The van der Waals surface area contributed by atoms with E-state index in [0.29, 0.717) is 0 Å². The van der Waals surface area contributed by atoms with Gasteiger partial charge in [-0.25, -0.2) is 0 Å². The van der Waals surface area contributed by atoms with Crippen molar-refractivity contribution in [2.75, 3.05) is 0 Å². The van der Waals surface area contributed by atoms with Crippen LogP contribution in [0.25, 0.3) is 11.3 Å². The Hall–Kier alpha value is -1.84. The molecule has 1 aromatic carbocycles. The van der Waals surface area contributed by atoms with Gasteiger partial charge in [0.15, 0.2) is 0 Å². The Morgan fingerprint density at radius 2 is 1.94 bits per heavy atom.